The molecule has 104 heavy (non-hydrogen) atoms. The first kappa shape index (κ1) is 81.4. The van der Waals surface area contributed by atoms with Gasteiger partial charge in [0.2, 0.25) is 6.29 Å². The molecule has 7 saturated heterocycles. The van der Waals surface area contributed by atoms with Crippen molar-refractivity contribution in [2.24, 2.45) is 50.2 Å². The van der Waals surface area contributed by atoms with Crippen LogP contribution in [-0.2, 0) is 71.1 Å². The van der Waals surface area contributed by atoms with Crippen LogP contribution in [0.5, 0.6) is 0 Å². The SMILES string of the molecule is CC1OC(OCC2OC(OC3C(CO)OC(OC4COC(OC5C(O)C(C)OC(OC6C(OC7CCC8(C)C(CCC9(C)C8CC=C8C%10CC(C)(C)CCC%10(C(=O)OC%10OC(CO)C(O)C(O)C%10O)CCC89C)C7(C)C)OCC(O)C6O)C5O)C(O)C4O)C(O)C3O)C(O)C(O)C2O)C(O)C(O)C1O. The number of carbonyl (C=O) groups excluding carboxylic acids is 1. The van der Waals surface area contributed by atoms with Gasteiger partial charge in [-0.2, -0.15) is 0 Å². The van der Waals surface area contributed by atoms with E-state index >= 15 is 0 Å². The highest BCUT2D eigenvalue weighted by atomic mass is 16.8. The van der Waals surface area contributed by atoms with Gasteiger partial charge in [0.25, 0.3) is 0 Å². The number of fused-ring (bicyclic) bond motifs is 7. The average molecular weight is 1500 g/mol. The summed E-state index contributed by atoms with van der Waals surface area (Å²) in [4.78, 5) is 14.9. The Balaban J connectivity index is 0.669. The molecule has 11 fully saturated rings. The molecule has 34 nitrogen and oxygen atoms in total. The number of ether oxygens (including phenoxy) is 14. The van der Waals surface area contributed by atoms with E-state index in [1.54, 1.807) is 0 Å². The van der Waals surface area contributed by atoms with Crippen LogP contribution in [0, 0.1) is 50.2 Å². The Bertz CT molecular complexity index is 2950. The summed E-state index contributed by atoms with van der Waals surface area (Å²) in [5.74, 6) is -0.428. The third-order valence-electron chi connectivity index (χ3n) is 26.9. The minimum absolute atomic E-state index is 0.0981. The van der Waals surface area contributed by atoms with Crippen LogP contribution in [0.25, 0.3) is 0 Å². The summed E-state index contributed by atoms with van der Waals surface area (Å²) in [5, 5.41) is 207. The third kappa shape index (κ3) is 14.3. The number of aliphatic hydroxyl groups is 19. The monoisotopic (exact) mass is 1500 g/mol. The van der Waals surface area contributed by atoms with E-state index in [2.05, 4.69) is 54.5 Å². The highest BCUT2D eigenvalue weighted by molar-refractivity contribution is 5.79. The highest BCUT2D eigenvalue weighted by Gasteiger charge is 2.71. The van der Waals surface area contributed by atoms with Crippen molar-refractivity contribution >= 4 is 5.97 Å². The molecule has 41 unspecified atom stereocenters. The largest absolute Gasteiger partial charge is 0.432 e. The molecule has 5 aliphatic carbocycles. The maximum atomic E-state index is 14.9. The van der Waals surface area contributed by atoms with Gasteiger partial charge in [-0.25, -0.2) is 0 Å². The molecule has 7 heterocycles. The van der Waals surface area contributed by atoms with Crippen LogP contribution >= 0.6 is 0 Å². The van der Waals surface area contributed by atoms with Gasteiger partial charge in [0, 0.05) is 0 Å². The first-order valence-corrected chi connectivity index (χ1v) is 36.9. The molecule has 598 valence electrons. The molecular formula is C70H114O34. The zero-order chi connectivity index (χ0) is 75.7. The van der Waals surface area contributed by atoms with Gasteiger partial charge in [-0.15, -0.1) is 0 Å². The lowest BCUT2D eigenvalue weighted by molar-refractivity contribution is -0.387. The fourth-order valence-electron chi connectivity index (χ4n) is 20.2. The molecule has 0 aromatic heterocycles. The smallest absolute Gasteiger partial charge is 0.315 e. The number of aliphatic hydroxyl groups excluding tert-OH is 19. The molecule has 7 aliphatic heterocycles. The van der Waals surface area contributed by atoms with Crippen molar-refractivity contribution in [3.63, 3.8) is 0 Å². The normalized spacial score (nSPS) is 54.7. The van der Waals surface area contributed by atoms with Crippen LogP contribution < -0.4 is 0 Å². The van der Waals surface area contributed by atoms with Gasteiger partial charge in [0.1, 0.15) is 146 Å². The van der Waals surface area contributed by atoms with Crippen LogP contribution in [0.3, 0.4) is 0 Å². The summed E-state index contributed by atoms with van der Waals surface area (Å²) >= 11 is 0. The molecule has 34 heteroatoms. The van der Waals surface area contributed by atoms with E-state index in [0.717, 1.165) is 38.5 Å². The molecular weight excluding hydrogens is 1380 g/mol. The van der Waals surface area contributed by atoms with Crippen molar-refractivity contribution in [2.45, 2.75) is 335 Å². The zero-order valence-corrected chi connectivity index (χ0v) is 60.2. The molecule has 0 aromatic rings. The summed E-state index contributed by atoms with van der Waals surface area (Å²) in [6, 6.07) is 0. The second-order valence-corrected chi connectivity index (χ2v) is 33.8. The van der Waals surface area contributed by atoms with E-state index in [4.69, 9.17) is 66.3 Å². The molecule has 0 spiro atoms. The first-order chi connectivity index (χ1) is 48.8. The maximum absolute atomic E-state index is 14.9. The number of hydrogen-bond acceptors (Lipinski definition) is 34. The Labute approximate surface area is 602 Å². The van der Waals surface area contributed by atoms with Crippen molar-refractivity contribution < 1.29 is 168 Å². The predicted molar refractivity (Wildman–Crippen MR) is 346 cm³/mol. The number of esters is 1. The van der Waals surface area contributed by atoms with E-state index < -0.39 is 252 Å². The van der Waals surface area contributed by atoms with Crippen LogP contribution in [-0.4, -0.2) is 345 Å². The maximum Gasteiger partial charge on any atom is 0.315 e. The van der Waals surface area contributed by atoms with Crippen LogP contribution in [0.15, 0.2) is 11.6 Å². The minimum atomic E-state index is -2.07. The quantitative estimate of drug-likeness (QED) is 0.0368. The Kier molecular flexibility index (Phi) is 24.1. The van der Waals surface area contributed by atoms with E-state index in [0.29, 0.717) is 25.7 Å². The van der Waals surface area contributed by atoms with Crippen LogP contribution in [0.4, 0.5) is 0 Å². The lowest BCUT2D eigenvalue weighted by Gasteiger charge is -2.71. The Hall–Kier alpha value is -2.07. The van der Waals surface area contributed by atoms with Gasteiger partial charge >= 0.3 is 5.97 Å². The molecule has 0 amide bonds. The third-order valence-corrected chi connectivity index (χ3v) is 26.9. The Morgan fingerprint density at radius 2 is 1.01 bits per heavy atom. The second kappa shape index (κ2) is 30.8. The van der Waals surface area contributed by atoms with Crippen molar-refractivity contribution in [1.29, 1.82) is 0 Å². The molecule has 0 aromatic carbocycles. The van der Waals surface area contributed by atoms with E-state index in [-0.39, 0.29) is 46.0 Å². The highest BCUT2D eigenvalue weighted by Crippen LogP contribution is 2.76. The van der Waals surface area contributed by atoms with Gasteiger partial charge in [0.15, 0.2) is 37.7 Å². The van der Waals surface area contributed by atoms with E-state index in [9.17, 15) is 102 Å². The molecule has 4 saturated carbocycles. The molecule has 0 radical (unpaired) electrons. The van der Waals surface area contributed by atoms with Crippen LogP contribution in [0.1, 0.15) is 127 Å². The summed E-state index contributed by atoms with van der Waals surface area (Å²) in [7, 11) is 0. The molecule has 12 aliphatic rings. The summed E-state index contributed by atoms with van der Waals surface area (Å²) in [6.07, 6.45) is -46.6. The minimum Gasteiger partial charge on any atom is -0.432 e. The van der Waals surface area contributed by atoms with Crippen LogP contribution in [0.2, 0.25) is 0 Å². The number of allylic oxidation sites excluding steroid dienone is 2. The molecule has 0 bridgehead atoms. The topological polar surface area (TPSA) is 531 Å². The molecule has 19 N–H and O–H groups in total. The van der Waals surface area contributed by atoms with Gasteiger partial charge in [0.05, 0.1) is 56.8 Å². The standard InChI is InChI=1S/C70H114O34/c1-26-38(74)44(80)49(85)57(94-26)92-24-33-42(78)46(82)50(86)60(99-33)101-54-32(22-72)97-59(52(88)47(54)83)98-34-25-93-58(48(84)43(34)79)102-55-39(75)27(2)95-62(53(55)89)103-56-40(76)30(73)23-91-63(56)100-37-13-14-67(7)35(66(37,5)6)12-15-69(9)36(67)11-10-28-29-20-65(3,4)16-18-70(29,19-17-68(28,69)8)64(90)104-61-51(87)45(81)41(77)31(21-71)96-61/h10,26-27,29-63,71-89H,11-25H2,1-9H3. The van der Waals surface area contributed by atoms with Gasteiger partial charge < -0.3 is 163 Å². The van der Waals surface area contributed by atoms with Crippen molar-refractivity contribution in [2.75, 3.05) is 33.0 Å². The van der Waals surface area contributed by atoms with Crippen molar-refractivity contribution in [1.82, 2.24) is 0 Å². The lowest BCUT2D eigenvalue weighted by atomic mass is 9.33. The number of hydrogen-bond donors (Lipinski definition) is 19. The van der Waals surface area contributed by atoms with E-state index in [1.807, 2.05) is 0 Å². The van der Waals surface area contributed by atoms with Gasteiger partial charge in [-0.1, -0.05) is 60.1 Å². The predicted octanol–water partition coefficient (Wildman–Crippen LogP) is -5.23. The zero-order valence-electron chi connectivity index (χ0n) is 60.2. The molecule has 12 rings (SSSR count). The number of rotatable bonds is 17. The first-order valence-electron chi connectivity index (χ1n) is 36.9. The summed E-state index contributed by atoms with van der Waals surface area (Å²) < 4.78 is 82.9. The average Bonchev–Trinajstić information content (AvgIpc) is 0.675. The number of carbonyl (C=O) groups is 1. The molecule has 41 atom stereocenters. The Morgan fingerprint density at radius 3 is 1.70 bits per heavy atom. The fraction of sp³-hybridized carbons (Fsp3) is 0.957. The van der Waals surface area contributed by atoms with Gasteiger partial charge in [-0.3, -0.25) is 4.79 Å². The lowest BCUT2D eigenvalue weighted by Crippen LogP contribution is -2.66. The Morgan fingerprint density at radius 1 is 0.462 bits per heavy atom. The fourth-order valence-corrected chi connectivity index (χ4v) is 20.2. The summed E-state index contributed by atoms with van der Waals surface area (Å²) in [5.41, 5.74) is -1.13. The van der Waals surface area contributed by atoms with Gasteiger partial charge in [-0.05, 0) is 123 Å². The van der Waals surface area contributed by atoms with E-state index in [1.165, 1.54) is 19.4 Å². The second-order valence-electron chi connectivity index (χ2n) is 33.8. The van der Waals surface area contributed by atoms with Crippen molar-refractivity contribution in [3.8, 4) is 0 Å². The summed E-state index contributed by atoms with van der Waals surface area (Å²) in [6.45, 7) is 15.6. The van der Waals surface area contributed by atoms with Crippen molar-refractivity contribution in [3.05, 3.63) is 11.6 Å².